The second-order valence-corrected chi connectivity index (χ2v) is 24.7. The van der Waals surface area contributed by atoms with Crippen LogP contribution in [0.2, 0.25) is 0 Å². The van der Waals surface area contributed by atoms with E-state index in [0.29, 0.717) is 0 Å². The molecule has 0 bridgehead atoms. The zero-order chi connectivity index (χ0) is 59.2. The van der Waals surface area contributed by atoms with Crippen molar-refractivity contribution in [1.29, 1.82) is 0 Å². The van der Waals surface area contributed by atoms with Gasteiger partial charge in [0.15, 0.2) is 0 Å². The molecule has 3 aromatic heterocycles. The summed E-state index contributed by atoms with van der Waals surface area (Å²) < 4.78 is 7.32. The number of rotatable bonds is 8. The fourth-order valence-corrected chi connectivity index (χ4v) is 16.6. The van der Waals surface area contributed by atoms with E-state index in [-0.39, 0.29) is 0 Å². The monoisotopic (exact) mass is 1140 g/mol. The Balaban J connectivity index is 0.719. The van der Waals surface area contributed by atoms with Crippen LogP contribution in [0.15, 0.2) is 328 Å². The van der Waals surface area contributed by atoms with Crippen molar-refractivity contribution in [3.63, 3.8) is 0 Å². The molecule has 3 heterocycles. The Morgan fingerprint density at radius 1 is 0.211 bits per heavy atom. The Bertz CT molecular complexity index is 5350. The van der Waals surface area contributed by atoms with Crippen LogP contribution < -0.4 is 0 Å². The highest BCUT2D eigenvalue weighted by molar-refractivity contribution is 6.14. The normalized spacial score (nSPS) is 13.6. The minimum atomic E-state index is -0.493. The third-order valence-electron chi connectivity index (χ3n) is 20.4. The van der Waals surface area contributed by atoms with Crippen LogP contribution in [0.4, 0.5) is 0 Å². The molecule has 19 rings (SSSR count). The summed E-state index contributed by atoms with van der Waals surface area (Å²) >= 11 is 0. The Morgan fingerprint density at radius 2 is 0.500 bits per heavy atom. The van der Waals surface area contributed by atoms with Crippen molar-refractivity contribution >= 4 is 65.4 Å². The maximum absolute atomic E-state index is 2.48. The molecule has 0 saturated carbocycles. The first-order chi connectivity index (χ1) is 44.6. The molecule has 0 saturated heterocycles. The van der Waals surface area contributed by atoms with Crippen molar-refractivity contribution in [3.05, 3.63) is 372 Å². The molecule has 0 N–H and O–H groups in total. The summed E-state index contributed by atoms with van der Waals surface area (Å²) in [4.78, 5) is 0. The molecule has 0 spiro atoms. The van der Waals surface area contributed by atoms with Crippen LogP contribution >= 0.6 is 0 Å². The third-order valence-corrected chi connectivity index (χ3v) is 20.4. The van der Waals surface area contributed by atoms with E-state index in [0.717, 1.165) is 11.4 Å². The quantitative estimate of drug-likeness (QED) is 0.144. The Labute approximate surface area is 521 Å². The number of hydrogen-bond acceptors (Lipinski definition) is 0. The molecular formula is C87H57N3. The van der Waals surface area contributed by atoms with E-state index in [4.69, 9.17) is 0 Å². The van der Waals surface area contributed by atoms with Gasteiger partial charge in [0.2, 0.25) is 0 Å². The number of aryl methyl sites for hydroxylation is 1. The average Bonchev–Trinajstić information content (AvgIpc) is 1.55. The van der Waals surface area contributed by atoms with Crippen LogP contribution in [0.25, 0.3) is 121 Å². The summed E-state index contributed by atoms with van der Waals surface area (Å²) in [5.41, 5.74) is 28.7. The van der Waals surface area contributed by atoms with Crippen molar-refractivity contribution < 1.29 is 0 Å². The van der Waals surface area contributed by atoms with Gasteiger partial charge in [0.25, 0.3) is 0 Å². The predicted octanol–water partition coefficient (Wildman–Crippen LogP) is 21.6. The van der Waals surface area contributed by atoms with E-state index < -0.39 is 10.8 Å². The van der Waals surface area contributed by atoms with E-state index in [9.17, 15) is 0 Å². The molecule has 0 unspecified atom stereocenters. The Morgan fingerprint density at radius 3 is 0.878 bits per heavy atom. The molecule has 3 heteroatoms. The Hall–Kier alpha value is -11.5. The third kappa shape index (κ3) is 6.94. The molecule has 0 atom stereocenters. The lowest BCUT2D eigenvalue weighted by Gasteiger charge is -2.34. The fourth-order valence-electron chi connectivity index (χ4n) is 16.6. The summed E-state index contributed by atoms with van der Waals surface area (Å²) in [7, 11) is 2.20. The first-order valence-corrected chi connectivity index (χ1v) is 31.4. The van der Waals surface area contributed by atoms with E-state index in [2.05, 4.69) is 348 Å². The molecule has 2 aliphatic carbocycles. The second kappa shape index (κ2) is 19.2. The minimum Gasteiger partial charge on any atom is -0.344 e. The lowest BCUT2D eigenvalue weighted by molar-refractivity contribution is 0.767. The summed E-state index contributed by atoms with van der Waals surface area (Å²) in [5.74, 6) is 0. The van der Waals surface area contributed by atoms with Gasteiger partial charge in [-0.15, -0.1) is 0 Å². The van der Waals surface area contributed by atoms with Gasteiger partial charge in [-0.05, 0) is 174 Å². The van der Waals surface area contributed by atoms with Crippen LogP contribution in [-0.4, -0.2) is 13.7 Å². The maximum Gasteiger partial charge on any atom is 0.0714 e. The summed E-state index contributed by atoms with van der Waals surface area (Å²) in [6.45, 7) is 0. The molecule has 14 aromatic carbocycles. The molecule has 0 radical (unpaired) electrons. The predicted molar refractivity (Wildman–Crippen MR) is 375 cm³/mol. The largest absolute Gasteiger partial charge is 0.344 e. The van der Waals surface area contributed by atoms with Gasteiger partial charge >= 0.3 is 0 Å². The van der Waals surface area contributed by atoms with Gasteiger partial charge in [0.05, 0.1) is 32.9 Å². The van der Waals surface area contributed by atoms with Gasteiger partial charge in [0, 0.05) is 61.8 Å². The lowest BCUT2D eigenvalue weighted by atomic mass is 9.67. The molecular weight excluding hydrogens is 1090 g/mol. The van der Waals surface area contributed by atoms with Gasteiger partial charge in [-0.2, -0.15) is 0 Å². The van der Waals surface area contributed by atoms with Gasteiger partial charge in [0.1, 0.15) is 0 Å². The van der Waals surface area contributed by atoms with E-state index in [1.807, 2.05) is 0 Å². The number of para-hydroxylation sites is 2. The summed E-state index contributed by atoms with van der Waals surface area (Å²) in [5, 5.41) is 7.42. The fraction of sp³-hybridized carbons (Fsp3) is 0.0345. The van der Waals surface area contributed by atoms with E-state index >= 15 is 0 Å². The van der Waals surface area contributed by atoms with Crippen LogP contribution in [0.5, 0.6) is 0 Å². The zero-order valence-electron chi connectivity index (χ0n) is 49.5. The number of benzene rings is 14. The van der Waals surface area contributed by atoms with Crippen molar-refractivity contribution in [2.45, 2.75) is 10.8 Å². The van der Waals surface area contributed by atoms with Crippen molar-refractivity contribution in [3.8, 4) is 55.9 Å². The Kier molecular flexibility index (Phi) is 10.8. The second-order valence-electron chi connectivity index (χ2n) is 24.7. The highest BCUT2D eigenvalue weighted by atomic mass is 15.0. The highest BCUT2D eigenvalue weighted by Crippen LogP contribution is 2.59. The van der Waals surface area contributed by atoms with Crippen molar-refractivity contribution in [1.82, 2.24) is 13.7 Å². The van der Waals surface area contributed by atoms with E-state index in [1.54, 1.807) is 0 Å². The highest BCUT2D eigenvalue weighted by Gasteiger charge is 2.48. The smallest absolute Gasteiger partial charge is 0.0714 e. The van der Waals surface area contributed by atoms with Crippen LogP contribution in [-0.2, 0) is 17.9 Å². The SMILES string of the molecule is Cn1c2ccc(-c3ccc4c(c3)c3ccccc3n4-c3ccc4c(c3)C(c3ccccc3)(c3ccccc3)c3ccccc3-4)cc2c2cc(-c3ccc4c(c3)c3ccccc3n4-c3ccc4c(c3)C(c3ccccc3)(c3ccccc3)c3ccccc3-4)ccc21. The van der Waals surface area contributed by atoms with Gasteiger partial charge in [-0.1, -0.05) is 243 Å². The van der Waals surface area contributed by atoms with Crippen LogP contribution in [0.3, 0.4) is 0 Å². The van der Waals surface area contributed by atoms with Gasteiger partial charge in [-0.3, -0.25) is 0 Å². The van der Waals surface area contributed by atoms with Gasteiger partial charge in [-0.25, -0.2) is 0 Å². The van der Waals surface area contributed by atoms with Gasteiger partial charge < -0.3 is 13.7 Å². The van der Waals surface area contributed by atoms with E-state index in [1.165, 1.54) is 154 Å². The molecule has 0 fully saturated rings. The van der Waals surface area contributed by atoms with Crippen molar-refractivity contribution in [2.75, 3.05) is 0 Å². The first kappa shape index (κ1) is 50.6. The number of fused-ring (bicyclic) bond motifs is 15. The maximum atomic E-state index is 2.48. The topological polar surface area (TPSA) is 14.8 Å². The zero-order valence-corrected chi connectivity index (χ0v) is 49.5. The lowest BCUT2D eigenvalue weighted by Crippen LogP contribution is -2.28. The first-order valence-electron chi connectivity index (χ1n) is 31.4. The molecule has 3 nitrogen and oxygen atoms in total. The minimum absolute atomic E-state index is 0.493. The number of hydrogen-bond donors (Lipinski definition) is 0. The molecule has 0 amide bonds. The average molecular weight is 1140 g/mol. The molecule has 420 valence electrons. The van der Waals surface area contributed by atoms with Crippen LogP contribution in [0, 0.1) is 0 Å². The summed E-state index contributed by atoms with van der Waals surface area (Å²) in [6.07, 6.45) is 0. The molecule has 17 aromatic rings. The van der Waals surface area contributed by atoms with Crippen molar-refractivity contribution in [2.24, 2.45) is 7.05 Å². The number of nitrogens with zero attached hydrogens (tertiary/aromatic N) is 3. The standard InChI is InChI=1S/C87H57N3/c1-88-80-46-38-56(58-40-48-84-72(50-58)70-32-16-20-36-82(70)89(84)64-42-44-68-66-30-14-18-34-76(66)86(78(68)54-64,60-22-6-2-7-23-60)61-24-8-3-9-25-61)52-74(80)75-53-57(39-47-81(75)88)59-41-49-85-73(51-59)71-33-17-21-37-83(71)90(85)65-43-45-69-67-31-15-19-35-77(67)87(79(69)55-65,62-26-10-4-11-27-62)63-28-12-5-13-29-63/h2-55H,1H3. The molecule has 90 heavy (non-hydrogen) atoms. The summed E-state index contributed by atoms with van der Waals surface area (Å²) in [6, 6.07) is 123. The molecule has 0 aliphatic heterocycles. The van der Waals surface area contributed by atoms with Crippen LogP contribution in [0.1, 0.15) is 44.5 Å². The number of aromatic nitrogens is 3. The molecule has 2 aliphatic rings.